The van der Waals surface area contributed by atoms with E-state index in [1.165, 1.54) is 0 Å². The largest absolute Gasteiger partial charge is 0.350 e. The number of amides is 1. The first-order valence-electron chi connectivity index (χ1n) is 5.00. The Bertz CT molecular complexity index is 365. The van der Waals surface area contributed by atoms with Crippen molar-refractivity contribution in [2.75, 3.05) is 6.54 Å². The molecule has 1 rings (SSSR count). The summed E-state index contributed by atoms with van der Waals surface area (Å²) in [5, 5.41) is 3.00. The Balaban J connectivity index is 2.43. The van der Waals surface area contributed by atoms with Crippen LogP contribution in [0.4, 0.5) is 0 Å². The number of nitrogens with one attached hydrogen (secondary N) is 1. The fourth-order valence-electron chi connectivity index (χ4n) is 1.27. The molecule has 3 nitrogen and oxygen atoms in total. The molecule has 0 radical (unpaired) electrons. The van der Waals surface area contributed by atoms with Crippen LogP contribution in [0.25, 0.3) is 0 Å². The zero-order chi connectivity index (χ0) is 12.0. The maximum atomic E-state index is 11.5. The van der Waals surface area contributed by atoms with Gasteiger partial charge in [-0.2, -0.15) is 0 Å². The lowest BCUT2D eigenvalue weighted by Gasteiger charge is -2.11. The van der Waals surface area contributed by atoms with E-state index >= 15 is 0 Å². The molecule has 4 heteroatoms. The number of carbonyl (C=O) groups is 1. The van der Waals surface area contributed by atoms with E-state index in [-0.39, 0.29) is 12.5 Å². The summed E-state index contributed by atoms with van der Waals surface area (Å²) in [6, 6.07) is 9.08. The second kappa shape index (κ2) is 6.30. The van der Waals surface area contributed by atoms with E-state index in [0.29, 0.717) is 11.5 Å². The van der Waals surface area contributed by atoms with Crippen molar-refractivity contribution in [3.63, 3.8) is 0 Å². The number of hydrogen-bond donors (Lipinski definition) is 2. The van der Waals surface area contributed by atoms with Crippen molar-refractivity contribution in [3.8, 4) is 0 Å². The zero-order valence-electron chi connectivity index (χ0n) is 8.95. The predicted octanol–water partition coefficient (Wildman–Crippen LogP) is 1.43. The summed E-state index contributed by atoms with van der Waals surface area (Å²) < 4.78 is 0. The molecule has 1 aromatic rings. The molecule has 0 saturated carbocycles. The summed E-state index contributed by atoms with van der Waals surface area (Å²) in [5.74, 6) is -0.217. The highest BCUT2D eigenvalue weighted by Crippen LogP contribution is 2.02. The molecule has 1 aromatic carbocycles. The Morgan fingerprint density at radius 2 is 2.06 bits per heavy atom. The van der Waals surface area contributed by atoms with Crippen LogP contribution in [-0.2, 0) is 11.2 Å². The van der Waals surface area contributed by atoms with Gasteiger partial charge in [0.1, 0.15) is 0 Å². The first-order chi connectivity index (χ1) is 7.59. The van der Waals surface area contributed by atoms with Crippen LogP contribution in [0.15, 0.2) is 41.9 Å². The molecule has 0 aliphatic carbocycles. The molecule has 0 bridgehead atoms. The fourth-order valence-corrected chi connectivity index (χ4v) is 1.34. The Kier molecular flexibility index (Phi) is 5.02. The molecule has 86 valence electrons. The van der Waals surface area contributed by atoms with E-state index in [1.54, 1.807) is 0 Å². The normalized spacial score (nSPS) is 11.9. The van der Waals surface area contributed by atoms with Crippen molar-refractivity contribution in [1.29, 1.82) is 0 Å². The maximum Gasteiger partial charge on any atom is 0.237 e. The SMILES string of the molecule is C=C(Cl)CNC(=O)[C@H](N)Cc1ccccc1. The van der Waals surface area contributed by atoms with Gasteiger partial charge in [0.15, 0.2) is 0 Å². The van der Waals surface area contributed by atoms with Crippen LogP contribution in [0.3, 0.4) is 0 Å². The van der Waals surface area contributed by atoms with Gasteiger partial charge in [0.2, 0.25) is 5.91 Å². The topological polar surface area (TPSA) is 55.1 Å². The summed E-state index contributed by atoms with van der Waals surface area (Å²) in [6.45, 7) is 3.73. The van der Waals surface area contributed by atoms with E-state index < -0.39 is 6.04 Å². The first kappa shape index (κ1) is 12.7. The number of benzene rings is 1. The second-order valence-electron chi connectivity index (χ2n) is 3.53. The first-order valence-corrected chi connectivity index (χ1v) is 5.38. The van der Waals surface area contributed by atoms with Gasteiger partial charge in [-0.15, -0.1) is 0 Å². The summed E-state index contributed by atoms with van der Waals surface area (Å²) in [4.78, 5) is 11.5. The molecule has 0 saturated heterocycles. The van der Waals surface area contributed by atoms with Crippen molar-refractivity contribution in [2.24, 2.45) is 5.73 Å². The molecule has 0 aliphatic heterocycles. The summed E-state index contributed by atoms with van der Waals surface area (Å²) in [7, 11) is 0. The number of halogens is 1. The quantitative estimate of drug-likeness (QED) is 0.815. The van der Waals surface area contributed by atoms with Crippen LogP contribution in [0.5, 0.6) is 0 Å². The minimum Gasteiger partial charge on any atom is -0.350 e. The minimum absolute atomic E-state index is 0.217. The van der Waals surface area contributed by atoms with E-state index in [9.17, 15) is 4.79 Å². The lowest BCUT2D eigenvalue weighted by Crippen LogP contribution is -2.42. The van der Waals surface area contributed by atoms with Crippen LogP contribution in [0.1, 0.15) is 5.56 Å². The van der Waals surface area contributed by atoms with E-state index in [1.807, 2.05) is 30.3 Å². The van der Waals surface area contributed by atoms with Gasteiger partial charge in [-0.25, -0.2) is 0 Å². The monoisotopic (exact) mass is 238 g/mol. The van der Waals surface area contributed by atoms with Crippen molar-refractivity contribution in [3.05, 3.63) is 47.5 Å². The van der Waals surface area contributed by atoms with Crippen LogP contribution in [-0.4, -0.2) is 18.5 Å². The molecule has 16 heavy (non-hydrogen) atoms. The van der Waals surface area contributed by atoms with Crippen LogP contribution in [0, 0.1) is 0 Å². The molecular weight excluding hydrogens is 224 g/mol. The van der Waals surface area contributed by atoms with Crippen molar-refractivity contribution in [1.82, 2.24) is 5.32 Å². The summed E-state index contributed by atoms with van der Waals surface area (Å²) >= 11 is 5.54. The molecule has 0 heterocycles. The standard InChI is InChI=1S/C12H15ClN2O/c1-9(13)8-15-12(16)11(14)7-10-5-3-2-4-6-10/h2-6,11H,1,7-8,14H2,(H,15,16)/t11-/m1/s1. The van der Waals surface area contributed by atoms with Gasteiger partial charge in [-0.3, -0.25) is 4.79 Å². The van der Waals surface area contributed by atoms with Crippen molar-refractivity contribution >= 4 is 17.5 Å². The van der Waals surface area contributed by atoms with E-state index in [2.05, 4.69) is 11.9 Å². The van der Waals surface area contributed by atoms with E-state index in [0.717, 1.165) is 5.56 Å². The van der Waals surface area contributed by atoms with E-state index in [4.69, 9.17) is 17.3 Å². The highest BCUT2D eigenvalue weighted by atomic mass is 35.5. The van der Waals surface area contributed by atoms with Gasteiger partial charge in [-0.05, 0) is 12.0 Å². The van der Waals surface area contributed by atoms with Crippen molar-refractivity contribution < 1.29 is 4.79 Å². The van der Waals surface area contributed by atoms with Crippen LogP contribution in [0.2, 0.25) is 0 Å². The minimum atomic E-state index is -0.557. The lowest BCUT2D eigenvalue weighted by atomic mass is 10.1. The molecule has 1 atom stereocenters. The van der Waals surface area contributed by atoms with Crippen LogP contribution >= 0.6 is 11.6 Å². The van der Waals surface area contributed by atoms with Gasteiger partial charge >= 0.3 is 0 Å². The van der Waals surface area contributed by atoms with Crippen LogP contribution < -0.4 is 11.1 Å². The maximum absolute atomic E-state index is 11.5. The lowest BCUT2D eigenvalue weighted by molar-refractivity contribution is -0.122. The highest BCUT2D eigenvalue weighted by Gasteiger charge is 2.13. The molecular formula is C12H15ClN2O. The number of carbonyl (C=O) groups excluding carboxylic acids is 1. The van der Waals surface area contributed by atoms with Gasteiger partial charge in [0.05, 0.1) is 12.6 Å². The molecule has 0 aliphatic rings. The Morgan fingerprint density at radius 3 is 2.62 bits per heavy atom. The second-order valence-corrected chi connectivity index (χ2v) is 4.07. The van der Waals surface area contributed by atoms with Gasteiger partial charge in [0.25, 0.3) is 0 Å². The molecule has 1 amide bonds. The Morgan fingerprint density at radius 1 is 1.44 bits per heavy atom. The fraction of sp³-hybridized carbons (Fsp3) is 0.250. The molecule has 0 unspecified atom stereocenters. The van der Waals surface area contributed by atoms with Gasteiger partial charge in [-0.1, -0.05) is 48.5 Å². The number of nitrogens with two attached hydrogens (primary N) is 1. The predicted molar refractivity (Wildman–Crippen MR) is 66.1 cm³/mol. The van der Waals surface area contributed by atoms with Crippen molar-refractivity contribution in [2.45, 2.75) is 12.5 Å². The molecule has 0 aromatic heterocycles. The summed E-state index contributed by atoms with van der Waals surface area (Å²) in [6.07, 6.45) is 0.515. The van der Waals surface area contributed by atoms with Gasteiger partial charge < -0.3 is 11.1 Å². The third-order valence-electron chi connectivity index (χ3n) is 2.09. The molecule has 0 spiro atoms. The average Bonchev–Trinajstić information content (AvgIpc) is 2.27. The Hall–Kier alpha value is -1.32. The number of hydrogen-bond acceptors (Lipinski definition) is 2. The third-order valence-corrected chi connectivity index (χ3v) is 2.22. The number of rotatable bonds is 5. The third kappa shape index (κ3) is 4.47. The smallest absolute Gasteiger partial charge is 0.237 e. The average molecular weight is 239 g/mol. The van der Waals surface area contributed by atoms with Gasteiger partial charge in [0, 0.05) is 5.03 Å². The highest BCUT2D eigenvalue weighted by molar-refractivity contribution is 6.29. The molecule has 0 fully saturated rings. The zero-order valence-corrected chi connectivity index (χ0v) is 9.70. The Labute approximate surface area is 100 Å². The molecule has 3 N–H and O–H groups in total. The summed E-state index contributed by atoms with van der Waals surface area (Å²) in [5.41, 5.74) is 6.79.